The highest BCUT2D eigenvalue weighted by Gasteiger charge is 2.24. The Morgan fingerprint density at radius 1 is 0.304 bits per heavy atom. The highest BCUT2D eigenvalue weighted by atomic mass is 15.0. The summed E-state index contributed by atoms with van der Waals surface area (Å²) in [5.74, 6) is 0. The Kier molecular flexibility index (Phi) is 7.57. The third-order valence-corrected chi connectivity index (χ3v) is 10.7. The number of rotatable bonds is 5. The molecule has 0 aliphatic carbocycles. The van der Waals surface area contributed by atoms with E-state index in [0.29, 0.717) is 22.3 Å². The van der Waals surface area contributed by atoms with Crippen LogP contribution in [0.25, 0.3) is 88.4 Å². The van der Waals surface area contributed by atoms with Crippen molar-refractivity contribution in [2.75, 3.05) is 0 Å². The second kappa shape index (κ2) is 13.0. The zero-order chi connectivity index (χ0) is 37.8. The molecule has 5 heteroatoms. The van der Waals surface area contributed by atoms with Crippen molar-refractivity contribution < 1.29 is 0 Å². The maximum Gasteiger partial charge on any atom is 0.0993 e. The van der Waals surface area contributed by atoms with Gasteiger partial charge in [0, 0.05) is 27.1 Å². The van der Waals surface area contributed by atoms with Crippen molar-refractivity contribution in [3.63, 3.8) is 0 Å². The fraction of sp³-hybridized carbons (Fsp3) is 0. The molecule has 0 bridgehead atoms. The van der Waals surface area contributed by atoms with Gasteiger partial charge in [-0.2, -0.15) is 15.8 Å². The van der Waals surface area contributed by atoms with Crippen LogP contribution in [0.5, 0.6) is 0 Å². The van der Waals surface area contributed by atoms with Gasteiger partial charge in [-0.15, -0.1) is 0 Å². The molecule has 10 aromatic rings. The van der Waals surface area contributed by atoms with Crippen LogP contribution >= 0.6 is 0 Å². The summed E-state index contributed by atoms with van der Waals surface area (Å²) in [7, 11) is 0. The van der Waals surface area contributed by atoms with Crippen LogP contribution in [-0.4, -0.2) is 9.13 Å². The number of para-hydroxylation sites is 2. The van der Waals surface area contributed by atoms with E-state index < -0.39 is 0 Å². The topological polar surface area (TPSA) is 81.2 Å². The molecule has 0 aliphatic rings. The van der Waals surface area contributed by atoms with E-state index in [-0.39, 0.29) is 0 Å². The molecule has 0 N–H and O–H groups in total. The molecule has 0 fully saturated rings. The Hall–Kier alpha value is -8.17. The van der Waals surface area contributed by atoms with Crippen molar-refractivity contribution in [1.29, 1.82) is 15.8 Å². The molecule has 0 unspecified atom stereocenters. The number of nitrogens with zero attached hydrogens (tertiary/aromatic N) is 5. The van der Waals surface area contributed by atoms with Gasteiger partial charge in [0.05, 0.1) is 68.3 Å². The number of fused-ring (bicyclic) bond motifs is 6. The zero-order valence-corrected chi connectivity index (χ0v) is 30.0. The predicted molar refractivity (Wildman–Crippen MR) is 226 cm³/mol. The van der Waals surface area contributed by atoms with Crippen molar-refractivity contribution in [3.8, 4) is 63.0 Å². The number of hydrogen-bond acceptors (Lipinski definition) is 3. The summed E-state index contributed by atoms with van der Waals surface area (Å²) in [6.45, 7) is 0. The van der Waals surface area contributed by atoms with Crippen LogP contribution in [0.2, 0.25) is 0 Å². The lowest BCUT2D eigenvalue weighted by atomic mass is 9.95. The Balaban J connectivity index is 1.40. The van der Waals surface area contributed by atoms with Gasteiger partial charge in [-0.3, -0.25) is 0 Å². The summed E-state index contributed by atoms with van der Waals surface area (Å²) < 4.78 is 4.48. The fourth-order valence-electron chi connectivity index (χ4n) is 8.31. The average molecular weight is 712 g/mol. The normalized spacial score (nSPS) is 11.2. The maximum atomic E-state index is 10.8. The molecule has 2 heterocycles. The Bertz CT molecular complexity index is 3120. The quantitative estimate of drug-likeness (QED) is 0.178. The lowest BCUT2D eigenvalue weighted by Crippen LogP contribution is -2.05. The van der Waals surface area contributed by atoms with Crippen LogP contribution in [0, 0.1) is 34.0 Å². The molecular formula is C51H29N5. The molecule has 0 saturated carbocycles. The summed E-state index contributed by atoms with van der Waals surface area (Å²) >= 11 is 0. The minimum absolute atomic E-state index is 0.377. The Morgan fingerprint density at radius 2 is 0.696 bits per heavy atom. The highest BCUT2D eigenvalue weighted by molar-refractivity contribution is 6.13. The number of nitriles is 3. The van der Waals surface area contributed by atoms with Crippen molar-refractivity contribution in [2.24, 2.45) is 0 Å². The van der Waals surface area contributed by atoms with Crippen LogP contribution in [-0.2, 0) is 0 Å². The predicted octanol–water partition coefficient (Wildman–Crippen LogP) is 12.5. The second-order valence-electron chi connectivity index (χ2n) is 13.9. The highest BCUT2D eigenvalue weighted by Crippen LogP contribution is 2.44. The molecule has 5 nitrogen and oxygen atoms in total. The summed E-state index contributed by atoms with van der Waals surface area (Å²) in [5.41, 5.74) is 12.5. The zero-order valence-electron chi connectivity index (χ0n) is 30.0. The molecule has 0 radical (unpaired) electrons. The van der Waals surface area contributed by atoms with E-state index in [4.69, 9.17) is 0 Å². The van der Waals surface area contributed by atoms with E-state index in [1.54, 1.807) is 6.07 Å². The van der Waals surface area contributed by atoms with Crippen LogP contribution in [0.1, 0.15) is 16.7 Å². The van der Waals surface area contributed by atoms with Crippen LogP contribution in [0.3, 0.4) is 0 Å². The van der Waals surface area contributed by atoms with Gasteiger partial charge in [-0.1, -0.05) is 121 Å². The van der Waals surface area contributed by atoms with Crippen molar-refractivity contribution >= 4 is 43.6 Å². The van der Waals surface area contributed by atoms with Gasteiger partial charge < -0.3 is 9.13 Å². The lowest BCUT2D eigenvalue weighted by Gasteiger charge is -2.21. The van der Waals surface area contributed by atoms with E-state index in [1.165, 1.54) is 0 Å². The number of aromatic nitrogens is 2. The largest absolute Gasteiger partial charge is 0.308 e. The molecule has 0 amide bonds. The van der Waals surface area contributed by atoms with E-state index >= 15 is 0 Å². The first-order chi connectivity index (χ1) is 27.6. The smallest absolute Gasteiger partial charge is 0.0993 e. The molecular weight excluding hydrogens is 683 g/mol. The van der Waals surface area contributed by atoms with Gasteiger partial charge in [0.1, 0.15) is 0 Å². The number of benzene rings is 8. The average Bonchev–Trinajstić information content (AvgIpc) is 3.78. The van der Waals surface area contributed by atoms with E-state index in [9.17, 15) is 15.8 Å². The van der Waals surface area contributed by atoms with Gasteiger partial charge in [0.15, 0.2) is 0 Å². The van der Waals surface area contributed by atoms with Crippen molar-refractivity contribution in [1.82, 2.24) is 9.13 Å². The Labute approximate surface area is 323 Å². The molecule has 0 atom stereocenters. The first-order valence-corrected chi connectivity index (χ1v) is 18.4. The van der Waals surface area contributed by atoms with Gasteiger partial charge in [0.25, 0.3) is 0 Å². The molecule has 0 aliphatic heterocycles. The third kappa shape index (κ3) is 5.14. The minimum Gasteiger partial charge on any atom is -0.308 e. The van der Waals surface area contributed by atoms with Crippen LogP contribution in [0.4, 0.5) is 0 Å². The van der Waals surface area contributed by atoms with E-state index in [1.807, 2.05) is 84.9 Å². The van der Waals surface area contributed by atoms with E-state index in [0.717, 1.165) is 82.8 Å². The molecule has 2 aromatic heterocycles. The summed E-state index contributed by atoms with van der Waals surface area (Å²) in [5, 5.41) is 35.6. The van der Waals surface area contributed by atoms with E-state index in [2.05, 4.69) is 112 Å². The molecule has 0 saturated heterocycles. The Morgan fingerprint density at radius 3 is 1.14 bits per heavy atom. The van der Waals surface area contributed by atoms with Gasteiger partial charge >= 0.3 is 0 Å². The van der Waals surface area contributed by atoms with Crippen LogP contribution < -0.4 is 0 Å². The molecule has 0 spiro atoms. The van der Waals surface area contributed by atoms with Gasteiger partial charge in [0.2, 0.25) is 0 Å². The minimum atomic E-state index is 0.377. The number of hydrogen-bond donors (Lipinski definition) is 0. The molecule has 10 rings (SSSR count). The SMILES string of the molecule is N#Cc1cc(C#N)cc(-c2c(-n3c4ccccc4c4ccc(-c5ccccc5)cc43)cc(C#N)cc2-n2c3ccccc3c3ccc(-c4ccccc4)cc32)c1. The third-order valence-electron chi connectivity index (χ3n) is 10.7. The van der Waals surface area contributed by atoms with Crippen molar-refractivity contribution in [3.05, 3.63) is 193 Å². The standard InChI is InChI=1S/C51H29N5/c52-30-33-23-34(31-53)25-40(24-33)51-49(55-45-17-9-7-15-41(45)43-21-19-38(28-47(43)55)36-11-3-1-4-12-36)26-35(32-54)27-50(51)56-46-18-10-8-16-42(46)44-22-20-39(29-48(44)56)37-13-5-2-6-14-37/h1-29H. The molecule has 258 valence electrons. The van der Waals surface area contributed by atoms with Gasteiger partial charge in [-0.25, -0.2) is 0 Å². The second-order valence-corrected chi connectivity index (χ2v) is 13.9. The maximum absolute atomic E-state index is 10.8. The van der Waals surface area contributed by atoms with Crippen LogP contribution in [0.15, 0.2) is 176 Å². The lowest BCUT2D eigenvalue weighted by molar-refractivity contribution is 1.13. The summed E-state index contributed by atoms with van der Waals surface area (Å²) in [4.78, 5) is 0. The summed E-state index contributed by atoms with van der Waals surface area (Å²) in [6, 6.07) is 66.6. The monoisotopic (exact) mass is 711 g/mol. The molecule has 56 heavy (non-hydrogen) atoms. The van der Waals surface area contributed by atoms with Gasteiger partial charge in [-0.05, 0) is 82.4 Å². The first kappa shape index (κ1) is 32.5. The fourth-order valence-corrected chi connectivity index (χ4v) is 8.31. The van der Waals surface area contributed by atoms with Crippen molar-refractivity contribution in [2.45, 2.75) is 0 Å². The summed E-state index contributed by atoms with van der Waals surface area (Å²) in [6.07, 6.45) is 0. The molecule has 8 aromatic carbocycles. The first-order valence-electron chi connectivity index (χ1n) is 18.4.